The molecule has 0 atom stereocenters. The number of hydrogen-bond donors (Lipinski definition) is 0. The second-order valence-corrected chi connectivity index (χ2v) is 3.42. The van der Waals surface area contributed by atoms with Crippen LogP contribution in [-0.2, 0) is 11.6 Å². The fourth-order valence-corrected chi connectivity index (χ4v) is 1.22. The van der Waals surface area contributed by atoms with Crippen LogP contribution in [0.15, 0.2) is 42.1 Å². The summed E-state index contributed by atoms with van der Waals surface area (Å²) in [5.41, 5.74) is 1.49. The van der Waals surface area contributed by atoms with Crippen molar-refractivity contribution in [3.05, 3.63) is 48.3 Å². The molecule has 5 nitrogen and oxygen atoms in total. The van der Waals surface area contributed by atoms with E-state index in [1.165, 1.54) is 24.8 Å². The molecule has 0 radical (unpaired) electrons. The van der Waals surface area contributed by atoms with Crippen molar-refractivity contribution in [3.63, 3.8) is 0 Å². The second-order valence-electron chi connectivity index (χ2n) is 3.42. The summed E-state index contributed by atoms with van der Waals surface area (Å²) in [5.74, 6) is -0.271. The molecule has 88 valence electrons. The highest BCUT2D eigenvalue weighted by Crippen LogP contribution is 2.04. The smallest absolute Gasteiger partial charge is 0.195 e. The summed E-state index contributed by atoms with van der Waals surface area (Å²) in [7, 11) is 0. The SMILES string of the molecule is C/C(=N\OCn1cnnc1)c1ccc(F)cc1. The summed E-state index contributed by atoms with van der Waals surface area (Å²) in [6.07, 6.45) is 3.06. The molecule has 0 aliphatic carbocycles. The van der Waals surface area contributed by atoms with E-state index in [9.17, 15) is 4.39 Å². The Morgan fingerprint density at radius 3 is 2.59 bits per heavy atom. The van der Waals surface area contributed by atoms with Crippen molar-refractivity contribution in [2.45, 2.75) is 13.7 Å². The van der Waals surface area contributed by atoms with Crippen LogP contribution in [0.4, 0.5) is 4.39 Å². The molecule has 0 bridgehead atoms. The molecule has 0 aliphatic heterocycles. The molecule has 0 N–H and O–H groups in total. The van der Waals surface area contributed by atoms with E-state index in [4.69, 9.17) is 4.84 Å². The van der Waals surface area contributed by atoms with Gasteiger partial charge in [0.15, 0.2) is 6.73 Å². The van der Waals surface area contributed by atoms with Crippen LogP contribution in [-0.4, -0.2) is 20.5 Å². The summed E-state index contributed by atoms with van der Waals surface area (Å²) in [6, 6.07) is 6.06. The van der Waals surface area contributed by atoms with E-state index in [2.05, 4.69) is 15.4 Å². The highest BCUT2D eigenvalue weighted by Gasteiger charge is 1.98. The van der Waals surface area contributed by atoms with Gasteiger partial charge in [-0.3, -0.25) is 4.57 Å². The Kier molecular flexibility index (Phi) is 3.44. The van der Waals surface area contributed by atoms with Crippen LogP contribution < -0.4 is 0 Å². The van der Waals surface area contributed by atoms with Gasteiger partial charge in [0.25, 0.3) is 0 Å². The number of benzene rings is 1. The first kappa shape index (κ1) is 11.3. The molecule has 1 heterocycles. The van der Waals surface area contributed by atoms with Crippen molar-refractivity contribution >= 4 is 5.71 Å². The molecular formula is C11H11FN4O. The predicted octanol–water partition coefficient (Wildman–Crippen LogP) is 1.82. The van der Waals surface area contributed by atoms with Gasteiger partial charge < -0.3 is 4.84 Å². The molecule has 0 saturated carbocycles. The first-order chi connectivity index (χ1) is 8.25. The lowest BCUT2D eigenvalue weighted by molar-refractivity contribution is 0.0837. The minimum absolute atomic E-state index is 0.242. The number of oxime groups is 1. The van der Waals surface area contributed by atoms with Crippen LogP contribution >= 0.6 is 0 Å². The summed E-state index contributed by atoms with van der Waals surface area (Å²) >= 11 is 0. The minimum Gasteiger partial charge on any atom is -0.373 e. The van der Waals surface area contributed by atoms with Gasteiger partial charge >= 0.3 is 0 Å². The van der Waals surface area contributed by atoms with E-state index in [0.717, 1.165) is 5.56 Å². The van der Waals surface area contributed by atoms with Crippen LogP contribution in [0.2, 0.25) is 0 Å². The van der Waals surface area contributed by atoms with Crippen LogP contribution in [0.3, 0.4) is 0 Å². The van der Waals surface area contributed by atoms with Crippen molar-refractivity contribution in [1.82, 2.24) is 14.8 Å². The highest BCUT2D eigenvalue weighted by atomic mass is 19.1. The monoisotopic (exact) mass is 234 g/mol. The maximum Gasteiger partial charge on any atom is 0.195 e. The van der Waals surface area contributed by atoms with Gasteiger partial charge in [-0.1, -0.05) is 17.3 Å². The normalized spacial score (nSPS) is 11.5. The lowest BCUT2D eigenvalue weighted by Gasteiger charge is -2.02. The molecule has 2 aromatic rings. The first-order valence-electron chi connectivity index (χ1n) is 5.00. The molecule has 6 heteroatoms. The largest absolute Gasteiger partial charge is 0.373 e. The van der Waals surface area contributed by atoms with Crippen molar-refractivity contribution in [3.8, 4) is 0 Å². The number of halogens is 1. The van der Waals surface area contributed by atoms with E-state index in [1.807, 2.05) is 0 Å². The average Bonchev–Trinajstić information content (AvgIpc) is 2.83. The lowest BCUT2D eigenvalue weighted by Crippen LogP contribution is -2.00. The molecule has 17 heavy (non-hydrogen) atoms. The summed E-state index contributed by atoms with van der Waals surface area (Å²) in [5, 5.41) is 11.2. The Morgan fingerprint density at radius 1 is 1.29 bits per heavy atom. The van der Waals surface area contributed by atoms with E-state index < -0.39 is 0 Å². The molecule has 0 spiro atoms. The number of aromatic nitrogens is 3. The fourth-order valence-electron chi connectivity index (χ4n) is 1.22. The molecule has 0 saturated heterocycles. The molecule has 2 rings (SSSR count). The maximum atomic E-state index is 12.7. The Labute approximate surface area is 97.5 Å². The van der Waals surface area contributed by atoms with Crippen molar-refractivity contribution < 1.29 is 9.23 Å². The maximum absolute atomic E-state index is 12.7. The lowest BCUT2D eigenvalue weighted by atomic mass is 10.1. The molecule has 1 aromatic heterocycles. The average molecular weight is 234 g/mol. The van der Waals surface area contributed by atoms with Crippen LogP contribution in [0.1, 0.15) is 12.5 Å². The first-order valence-corrected chi connectivity index (χ1v) is 5.00. The zero-order valence-corrected chi connectivity index (χ0v) is 9.25. The standard InChI is InChI=1S/C11H11FN4O/c1-9(10-2-4-11(12)5-3-10)15-17-8-16-6-13-14-7-16/h2-7H,8H2,1H3/b15-9+. The number of hydrogen-bond acceptors (Lipinski definition) is 4. The summed E-state index contributed by atoms with van der Waals surface area (Å²) < 4.78 is 14.3. The van der Waals surface area contributed by atoms with Gasteiger partial charge in [-0.2, -0.15) is 0 Å². The van der Waals surface area contributed by atoms with Gasteiger partial charge in [0.2, 0.25) is 0 Å². The number of rotatable bonds is 4. The van der Waals surface area contributed by atoms with Gasteiger partial charge in [-0.05, 0) is 24.6 Å². The van der Waals surface area contributed by atoms with E-state index in [-0.39, 0.29) is 12.5 Å². The van der Waals surface area contributed by atoms with Crippen LogP contribution in [0, 0.1) is 5.82 Å². The van der Waals surface area contributed by atoms with E-state index in [1.54, 1.807) is 23.6 Å². The summed E-state index contributed by atoms with van der Waals surface area (Å²) in [4.78, 5) is 5.10. The highest BCUT2D eigenvalue weighted by molar-refractivity contribution is 5.98. The topological polar surface area (TPSA) is 52.3 Å². The molecular weight excluding hydrogens is 223 g/mol. The van der Waals surface area contributed by atoms with Crippen LogP contribution in [0.25, 0.3) is 0 Å². The molecule has 0 unspecified atom stereocenters. The third kappa shape index (κ3) is 3.10. The van der Waals surface area contributed by atoms with Gasteiger partial charge in [0.1, 0.15) is 18.5 Å². The molecule has 1 aromatic carbocycles. The molecule has 0 amide bonds. The Hall–Kier alpha value is -2.24. The summed E-state index contributed by atoms with van der Waals surface area (Å²) in [6.45, 7) is 2.03. The van der Waals surface area contributed by atoms with Crippen LogP contribution in [0.5, 0.6) is 0 Å². The quantitative estimate of drug-likeness (QED) is 0.599. The zero-order chi connectivity index (χ0) is 12.1. The molecule has 0 fully saturated rings. The Morgan fingerprint density at radius 2 is 1.94 bits per heavy atom. The minimum atomic E-state index is -0.271. The van der Waals surface area contributed by atoms with Crippen molar-refractivity contribution in [1.29, 1.82) is 0 Å². The van der Waals surface area contributed by atoms with Crippen molar-refractivity contribution in [2.24, 2.45) is 5.16 Å². The fraction of sp³-hybridized carbons (Fsp3) is 0.182. The third-order valence-corrected chi connectivity index (χ3v) is 2.14. The van der Waals surface area contributed by atoms with Gasteiger partial charge in [-0.25, -0.2) is 4.39 Å². The second kappa shape index (κ2) is 5.20. The van der Waals surface area contributed by atoms with Gasteiger partial charge in [0, 0.05) is 0 Å². The Bertz CT molecular complexity index is 493. The number of nitrogens with zero attached hydrogens (tertiary/aromatic N) is 4. The Balaban J connectivity index is 1.95. The zero-order valence-electron chi connectivity index (χ0n) is 9.25. The predicted molar refractivity (Wildman–Crippen MR) is 59.7 cm³/mol. The van der Waals surface area contributed by atoms with Gasteiger partial charge in [-0.15, -0.1) is 10.2 Å². The van der Waals surface area contributed by atoms with E-state index in [0.29, 0.717) is 5.71 Å². The molecule has 0 aliphatic rings. The van der Waals surface area contributed by atoms with Crippen molar-refractivity contribution in [2.75, 3.05) is 0 Å². The van der Waals surface area contributed by atoms with E-state index >= 15 is 0 Å². The van der Waals surface area contributed by atoms with Gasteiger partial charge in [0.05, 0.1) is 5.71 Å². The third-order valence-electron chi connectivity index (χ3n) is 2.14.